The van der Waals surface area contributed by atoms with Crippen molar-refractivity contribution in [2.75, 3.05) is 0 Å². The number of ether oxygens (including phenoxy) is 1. The first kappa shape index (κ1) is 22.3. The van der Waals surface area contributed by atoms with Crippen LogP contribution in [0.4, 0.5) is 13.2 Å². The van der Waals surface area contributed by atoms with Gasteiger partial charge in [0.15, 0.2) is 11.4 Å². The van der Waals surface area contributed by atoms with Crippen LogP contribution >= 0.6 is 0 Å². The lowest BCUT2D eigenvalue weighted by Crippen LogP contribution is -2.44. The molecule has 0 amide bonds. The number of carbonyl (C=O) groups is 1. The molecule has 0 spiro atoms. The normalized spacial score (nSPS) is 19.4. The van der Waals surface area contributed by atoms with E-state index in [2.05, 4.69) is 9.17 Å². The molecule has 4 heterocycles. The molecule has 0 aliphatic carbocycles. The summed E-state index contributed by atoms with van der Waals surface area (Å²) in [7, 11) is -5.94. The molecule has 3 aromatic rings. The van der Waals surface area contributed by atoms with Crippen LogP contribution < -0.4 is 9.74 Å². The SMILES string of the molecule is CC[C@@]1(O)C(=O)OCc2c1cc1n(c2=O)Cc2cc3cccc(OS(=O)(=O)C(F)(F)F)c3nc2-1. The number of alkyl halides is 3. The van der Waals surface area contributed by atoms with Gasteiger partial charge in [0.05, 0.1) is 23.5 Å². The van der Waals surface area contributed by atoms with Gasteiger partial charge >= 0.3 is 21.6 Å². The van der Waals surface area contributed by atoms with Gasteiger partial charge in [-0.1, -0.05) is 19.1 Å². The summed E-state index contributed by atoms with van der Waals surface area (Å²) < 4.78 is 72.3. The number of rotatable bonds is 3. The Labute approximate surface area is 189 Å². The third-order valence-electron chi connectivity index (χ3n) is 5.98. The minimum Gasteiger partial charge on any atom is -0.458 e. The topological polar surface area (TPSA) is 125 Å². The van der Waals surface area contributed by atoms with Gasteiger partial charge in [0, 0.05) is 16.5 Å². The quantitative estimate of drug-likeness (QED) is 0.260. The van der Waals surface area contributed by atoms with Gasteiger partial charge in [-0.2, -0.15) is 21.6 Å². The van der Waals surface area contributed by atoms with Crippen LogP contribution in [-0.2, 0) is 38.4 Å². The van der Waals surface area contributed by atoms with Gasteiger partial charge in [-0.15, -0.1) is 0 Å². The highest BCUT2D eigenvalue weighted by Crippen LogP contribution is 2.40. The van der Waals surface area contributed by atoms with E-state index in [1.165, 1.54) is 22.8 Å². The first-order valence-electron chi connectivity index (χ1n) is 9.98. The van der Waals surface area contributed by atoms with Crippen LogP contribution in [0.1, 0.15) is 30.0 Å². The fourth-order valence-electron chi connectivity index (χ4n) is 4.21. The molecule has 0 unspecified atom stereocenters. The second-order valence-corrected chi connectivity index (χ2v) is 9.45. The van der Waals surface area contributed by atoms with Crippen molar-refractivity contribution in [1.29, 1.82) is 0 Å². The van der Waals surface area contributed by atoms with Gasteiger partial charge in [0.1, 0.15) is 12.1 Å². The number of hydrogen-bond acceptors (Lipinski definition) is 8. The van der Waals surface area contributed by atoms with Gasteiger partial charge in [-0.3, -0.25) is 4.79 Å². The van der Waals surface area contributed by atoms with E-state index in [1.54, 1.807) is 13.0 Å². The van der Waals surface area contributed by atoms with Gasteiger partial charge in [-0.05, 0) is 24.6 Å². The van der Waals surface area contributed by atoms with Crippen LogP contribution in [0.25, 0.3) is 22.3 Å². The Morgan fingerprint density at radius 1 is 1.26 bits per heavy atom. The first-order chi connectivity index (χ1) is 15.9. The van der Waals surface area contributed by atoms with E-state index in [0.717, 1.165) is 6.07 Å². The third kappa shape index (κ3) is 3.03. The van der Waals surface area contributed by atoms with E-state index in [1.807, 2.05) is 0 Å². The van der Waals surface area contributed by atoms with Gasteiger partial charge < -0.3 is 18.6 Å². The summed E-state index contributed by atoms with van der Waals surface area (Å²) in [5, 5.41) is 11.2. The average Bonchev–Trinajstić information content (AvgIpc) is 3.12. The van der Waals surface area contributed by atoms with E-state index in [9.17, 15) is 36.3 Å². The number of hydrogen-bond donors (Lipinski definition) is 1. The Kier molecular flexibility index (Phi) is 4.62. The van der Waals surface area contributed by atoms with Crippen LogP contribution in [0.3, 0.4) is 0 Å². The highest BCUT2D eigenvalue weighted by Gasteiger charge is 2.49. The van der Waals surface area contributed by atoms with Crippen LogP contribution in [0.15, 0.2) is 35.1 Å². The Morgan fingerprint density at radius 2 is 2.00 bits per heavy atom. The van der Waals surface area contributed by atoms with Crippen molar-refractivity contribution in [3.05, 3.63) is 57.4 Å². The van der Waals surface area contributed by atoms with Crippen LogP contribution in [0.2, 0.25) is 0 Å². The number of aliphatic hydroxyl groups is 1. The Hall–Kier alpha value is -3.45. The maximum Gasteiger partial charge on any atom is 0.534 e. The van der Waals surface area contributed by atoms with E-state index in [-0.39, 0.29) is 47.6 Å². The molecule has 0 saturated heterocycles. The Morgan fingerprint density at radius 3 is 2.68 bits per heavy atom. The summed E-state index contributed by atoms with van der Waals surface area (Å²) in [5.74, 6) is -1.53. The molecule has 5 rings (SSSR count). The number of fused-ring (bicyclic) bond motifs is 5. The second-order valence-electron chi connectivity index (χ2n) is 7.91. The molecule has 13 heteroatoms. The molecule has 0 radical (unpaired) electrons. The standard InChI is InChI=1S/C21H15F3N2O7S/c1-2-20(29)13-7-14-16-11(8-26(14)18(27)12(13)9-32-19(20)28)6-10-4-3-5-15(17(10)25-16)33-34(30,31)21(22,23)24/h3-7,29H,2,8-9H2,1H3/t20-/m0/s1. The second kappa shape index (κ2) is 7.03. The number of para-hydroxylation sites is 1. The lowest BCUT2D eigenvalue weighted by molar-refractivity contribution is -0.172. The van der Waals surface area contributed by atoms with Crippen molar-refractivity contribution in [1.82, 2.24) is 9.55 Å². The van der Waals surface area contributed by atoms with Crippen molar-refractivity contribution in [3.8, 4) is 17.1 Å². The number of aromatic nitrogens is 2. The molecular weight excluding hydrogens is 481 g/mol. The highest BCUT2D eigenvalue weighted by atomic mass is 32.2. The lowest BCUT2D eigenvalue weighted by Gasteiger charge is -2.31. The monoisotopic (exact) mass is 496 g/mol. The summed E-state index contributed by atoms with van der Waals surface area (Å²) in [6.07, 6.45) is -0.0625. The zero-order valence-electron chi connectivity index (χ0n) is 17.3. The zero-order valence-corrected chi connectivity index (χ0v) is 18.2. The molecule has 2 aromatic heterocycles. The number of benzene rings is 1. The Balaban J connectivity index is 1.72. The van der Waals surface area contributed by atoms with Crippen LogP contribution in [0.5, 0.6) is 5.75 Å². The number of nitrogens with zero attached hydrogens (tertiary/aromatic N) is 2. The zero-order chi connectivity index (χ0) is 24.6. The van der Waals surface area contributed by atoms with Gasteiger partial charge in [-0.25, -0.2) is 9.78 Å². The molecule has 1 atom stereocenters. The lowest BCUT2D eigenvalue weighted by atomic mass is 9.86. The molecule has 0 saturated carbocycles. The first-order valence-corrected chi connectivity index (χ1v) is 11.4. The molecule has 2 aliphatic rings. The minimum absolute atomic E-state index is 0.0625. The third-order valence-corrected chi connectivity index (χ3v) is 6.95. The highest BCUT2D eigenvalue weighted by molar-refractivity contribution is 7.88. The average molecular weight is 496 g/mol. The smallest absolute Gasteiger partial charge is 0.458 e. The number of halogens is 3. The maximum absolute atomic E-state index is 13.1. The number of cyclic esters (lactones) is 1. The number of esters is 1. The van der Waals surface area contributed by atoms with Crippen molar-refractivity contribution in [3.63, 3.8) is 0 Å². The molecular formula is C21H15F3N2O7S. The van der Waals surface area contributed by atoms with Gasteiger partial charge in [0.2, 0.25) is 0 Å². The Bertz CT molecular complexity index is 1560. The number of pyridine rings is 2. The molecule has 34 heavy (non-hydrogen) atoms. The van der Waals surface area contributed by atoms with Gasteiger partial charge in [0.25, 0.3) is 5.56 Å². The number of carbonyl (C=O) groups excluding carboxylic acids is 1. The molecule has 0 fully saturated rings. The van der Waals surface area contributed by atoms with Crippen LogP contribution in [0, 0.1) is 0 Å². The molecule has 2 aliphatic heterocycles. The van der Waals surface area contributed by atoms with Crippen molar-refractivity contribution >= 4 is 27.0 Å². The summed E-state index contributed by atoms with van der Waals surface area (Å²) in [5.41, 5.74) is -7.23. The molecule has 1 aromatic carbocycles. The van der Waals surface area contributed by atoms with E-state index in [4.69, 9.17) is 4.74 Å². The summed E-state index contributed by atoms with van der Waals surface area (Å²) in [6, 6.07) is 6.85. The molecule has 1 N–H and O–H groups in total. The molecule has 9 nitrogen and oxygen atoms in total. The fourth-order valence-corrected chi connectivity index (χ4v) is 4.68. The van der Waals surface area contributed by atoms with Crippen molar-refractivity contribution in [2.24, 2.45) is 0 Å². The maximum atomic E-state index is 13.1. The summed E-state index contributed by atoms with van der Waals surface area (Å²) in [6.45, 7) is 1.31. The van der Waals surface area contributed by atoms with Crippen molar-refractivity contribution < 1.29 is 40.4 Å². The fraction of sp³-hybridized carbons (Fsp3) is 0.286. The predicted octanol–water partition coefficient (Wildman–Crippen LogP) is 2.31. The van der Waals surface area contributed by atoms with Crippen molar-refractivity contribution in [2.45, 2.75) is 37.6 Å². The molecule has 0 bridgehead atoms. The predicted molar refractivity (Wildman–Crippen MR) is 110 cm³/mol. The molecule has 178 valence electrons. The van der Waals surface area contributed by atoms with Crippen LogP contribution in [-0.4, -0.2) is 34.6 Å². The van der Waals surface area contributed by atoms with E-state index >= 15 is 0 Å². The van der Waals surface area contributed by atoms with E-state index in [0.29, 0.717) is 10.9 Å². The van der Waals surface area contributed by atoms with E-state index < -0.39 is 38.5 Å². The summed E-state index contributed by atoms with van der Waals surface area (Å²) >= 11 is 0. The summed E-state index contributed by atoms with van der Waals surface area (Å²) in [4.78, 5) is 29.7. The minimum atomic E-state index is -5.94. The largest absolute Gasteiger partial charge is 0.534 e.